The highest BCUT2D eigenvalue weighted by molar-refractivity contribution is 7.12. The summed E-state index contributed by atoms with van der Waals surface area (Å²) in [4.78, 5) is 27.4. The standard InChI is InChI=1S/C16H14F4N2O4S/c1-7-21-13(26-22-7)12-8-4-2-3-5-9(8)27-10(12)6-11(23)15(17,18)16(19,20)14(24)25/h2-6H2,1H3,(H,24,25). The molecule has 0 aliphatic heterocycles. The van der Waals surface area contributed by atoms with E-state index in [2.05, 4.69) is 10.1 Å². The number of carbonyl (C=O) groups is 2. The first-order chi connectivity index (χ1) is 12.6. The summed E-state index contributed by atoms with van der Waals surface area (Å²) in [6, 6.07) is 0. The number of rotatable bonds is 6. The molecule has 0 atom stereocenters. The highest BCUT2D eigenvalue weighted by Crippen LogP contribution is 2.42. The molecule has 3 rings (SSSR count). The van der Waals surface area contributed by atoms with Crippen molar-refractivity contribution in [3.8, 4) is 11.5 Å². The maximum absolute atomic E-state index is 13.8. The lowest BCUT2D eigenvalue weighted by Gasteiger charge is -2.21. The minimum absolute atomic E-state index is 0.0306. The Morgan fingerprint density at radius 3 is 2.44 bits per heavy atom. The Morgan fingerprint density at radius 1 is 1.19 bits per heavy atom. The van der Waals surface area contributed by atoms with Crippen LogP contribution in [0.3, 0.4) is 0 Å². The lowest BCUT2D eigenvalue weighted by atomic mass is 9.93. The average molecular weight is 406 g/mol. The summed E-state index contributed by atoms with van der Waals surface area (Å²) in [6.45, 7) is 1.55. The van der Waals surface area contributed by atoms with E-state index < -0.39 is 30.0 Å². The number of aliphatic carboxylic acids is 1. The Hall–Kier alpha value is -2.30. The van der Waals surface area contributed by atoms with Crippen LogP contribution in [0, 0.1) is 6.92 Å². The van der Waals surface area contributed by atoms with Crippen molar-refractivity contribution in [2.45, 2.75) is 50.9 Å². The molecule has 0 radical (unpaired) electrons. The number of hydrogen-bond donors (Lipinski definition) is 1. The fourth-order valence-corrected chi connectivity index (χ4v) is 4.35. The molecule has 0 saturated heterocycles. The monoisotopic (exact) mass is 406 g/mol. The number of ketones is 1. The number of alkyl halides is 4. The number of thiophene rings is 1. The summed E-state index contributed by atoms with van der Waals surface area (Å²) in [5, 5.41) is 12.0. The van der Waals surface area contributed by atoms with E-state index in [4.69, 9.17) is 9.63 Å². The van der Waals surface area contributed by atoms with Crippen LogP contribution in [0.25, 0.3) is 11.5 Å². The SMILES string of the molecule is Cc1noc(-c2c(CC(=O)C(F)(F)C(F)(F)C(=O)O)sc3c2CCCC3)n1. The van der Waals surface area contributed by atoms with E-state index in [1.165, 1.54) is 0 Å². The number of Topliss-reactive ketones (excluding diaryl/α,β-unsaturated/α-hetero) is 1. The molecule has 0 unspecified atom stereocenters. The number of aryl methyl sites for hydroxylation is 2. The van der Waals surface area contributed by atoms with Gasteiger partial charge in [-0.3, -0.25) is 4.79 Å². The molecule has 11 heteroatoms. The number of fused-ring (bicyclic) bond motifs is 1. The van der Waals surface area contributed by atoms with E-state index in [1.807, 2.05) is 0 Å². The van der Waals surface area contributed by atoms with E-state index in [9.17, 15) is 27.2 Å². The van der Waals surface area contributed by atoms with Crippen molar-refractivity contribution in [3.05, 3.63) is 21.1 Å². The summed E-state index contributed by atoms with van der Waals surface area (Å²) >= 11 is 1.06. The molecule has 1 aliphatic carbocycles. The number of hydrogen-bond acceptors (Lipinski definition) is 6. The quantitative estimate of drug-likeness (QED) is 0.739. The van der Waals surface area contributed by atoms with Crippen LogP contribution in [0.4, 0.5) is 17.6 Å². The van der Waals surface area contributed by atoms with Gasteiger partial charge in [-0.15, -0.1) is 11.3 Å². The van der Waals surface area contributed by atoms with Crippen LogP contribution < -0.4 is 0 Å². The van der Waals surface area contributed by atoms with E-state index in [1.54, 1.807) is 6.92 Å². The Balaban J connectivity index is 2.01. The van der Waals surface area contributed by atoms with Crippen LogP contribution >= 0.6 is 11.3 Å². The predicted molar refractivity (Wildman–Crippen MR) is 85.2 cm³/mol. The van der Waals surface area contributed by atoms with E-state index in [0.29, 0.717) is 24.2 Å². The second-order valence-electron chi connectivity index (χ2n) is 6.21. The molecule has 0 spiro atoms. The fraction of sp³-hybridized carbons (Fsp3) is 0.500. The van der Waals surface area contributed by atoms with Gasteiger partial charge in [0.15, 0.2) is 5.82 Å². The van der Waals surface area contributed by atoms with Gasteiger partial charge in [0.05, 0.1) is 5.56 Å². The minimum atomic E-state index is -5.50. The van der Waals surface area contributed by atoms with E-state index >= 15 is 0 Å². The summed E-state index contributed by atoms with van der Waals surface area (Å²) in [5.41, 5.74) is 1.10. The lowest BCUT2D eigenvalue weighted by Crippen LogP contribution is -2.52. The summed E-state index contributed by atoms with van der Waals surface area (Å²) < 4.78 is 59.4. The van der Waals surface area contributed by atoms with Crippen molar-refractivity contribution in [2.75, 3.05) is 0 Å². The molecule has 1 aliphatic rings. The molecule has 0 aromatic carbocycles. The van der Waals surface area contributed by atoms with Gasteiger partial charge in [0.25, 0.3) is 5.89 Å². The molecule has 0 amide bonds. The van der Waals surface area contributed by atoms with Crippen LogP contribution in [0.2, 0.25) is 0 Å². The molecule has 6 nitrogen and oxygen atoms in total. The van der Waals surface area contributed by atoms with Crippen molar-refractivity contribution in [1.82, 2.24) is 10.1 Å². The normalized spacial score (nSPS) is 14.9. The van der Waals surface area contributed by atoms with Crippen LogP contribution in [0.5, 0.6) is 0 Å². The number of carboxylic acids is 1. The summed E-state index contributed by atoms with van der Waals surface area (Å²) in [5.74, 6) is -15.7. The van der Waals surface area contributed by atoms with Gasteiger partial charge in [0.2, 0.25) is 5.78 Å². The number of nitrogens with zero attached hydrogens (tertiary/aromatic N) is 2. The van der Waals surface area contributed by atoms with Gasteiger partial charge in [-0.2, -0.15) is 22.5 Å². The molecule has 146 valence electrons. The van der Waals surface area contributed by atoms with E-state index in [0.717, 1.165) is 34.6 Å². The Morgan fingerprint density at radius 2 is 1.85 bits per heavy atom. The molecule has 1 N–H and O–H groups in total. The van der Waals surface area contributed by atoms with Crippen LogP contribution in [-0.4, -0.2) is 38.8 Å². The summed E-state index contributed by atoms with van der Waals surface area (Å²) in [7, 11) is 0. The van der Waals surface area contributed by atoms with Crippen molar-refractivity contribution >= 4 is 23.1 Å². The van der Waals surface area contributed by atoms with Gasteiger partial charge >= 0.3 is 17.8 Å². The minimum Gasteiger partial charge on any atom is -0.477 e. The van der Waals surface area contributed by atoms with Gasteiger partial charge < -0.3 is 9.63 Å². The first-order valence-corrected chi connectivity index (χ1v) is 8.83. The third-order valence-corrected chi connectivity index (χ3v) is 5.61. The molecule has 0 fully saturated rings. The maximum Gasteiger partial charge on any atom is 0.411 e. The van der Waals surface area contributed by atoms with Crippen molar-refractivity contribution < 1.29 is 36.8 Å². The highest BCUT2D eigenvalue weighted by Gasteiger charge is 2.66. The first kappa shape index (κ1) is 19.5. The molecular weight excluding hydrogens is 392 g/mol. The molecule has 0 saturated carbocycles. The second-order valence-corrected chi connectivity index (χ2v) is 7.40. The molecule has 2 aromatic rings. The average Bonchev–Trinajstić information content (AvgIpc) is 3.17. The fourth-order valence-electron chi connectivity index (χ4n) is 2.96. The molecular formula is C16H14F4N2O4S. The van der Waals surface area contributed by atoms with Gasteiger partial charge in [0.1, 0.15) is 0 Å². The van der Waals surface area contributed by atoms with E-state index in [-0.39, 0.29) is 10.8 Å². The Bertz CT molecular complexity index is 906. The Labute approximate surface area is 154 Å². The van der Waals surface area contributed by atoms with Crippen molar-refractivity contribution in [3.63, 3.8) is 0 Å². The lowest BCUT2D eigenvalue weighted by molar-refractivity contribution is -0.220. The van der Waals surface area contributed by atoms with Gasteiger partial charge in [0, 0.05) is 16.2 Å². The van der Waals surface area contributed by atoms with Crippen molar-refractivity contribution in [2.24, 2.45) is 0 Å². The van der Waals surface area contributed by atoms with Gasteiger partial charge in [-0.25, -0.2) is 4.79 Å². The predicted octanol–water partition coefficient (Wildman–Crippen LogP) is 3.45. The van der Waals surface area contributed by atoms with Crippen LogP contribution in [-0.2, 0) is 28.9 Å². The third-order valence-electron chi connectivity index (χ3n) is 4.32. The zero-order valence-electron chi connectivity index (χ0n) is 14.0. The molecule has 2 heterocycles. The van der Waals surface area contributed by atoms with Gasteiger partial charge in [-0.1, -0.05) is 5.16 Å². The zero-order chi connectivity index (χ0) is 20.0. The second kappa shape index (κ2) is 6.70. The summed E-state index contributed by atoms with van der Waals surface area (Å²) in [6.07, 6.45) is 1.93. The number of carbonyl (C=O) groups excluding carboxylic acids is 1. The third kappa shape index (κ3) is 3.24. The highest BCUT2D eigenvalue weighted by atomic mass is 32.1. The number of carboxylic acid groups (broad SMARTS) is 1. The number of aromatic nitrogens is 2. The maximum atomic E-state index is 13.8. The molecule has 0 bridgehead atoms. The molecule has 27 heavy (non-hydrogen) atoms. The van der Waals surface area contributed by atoms with Crippen LogP contribution in [0.1, 0.15) is 34.0 Å². The Kier molecular flexibility index (Phi) is 4.83. The zero-order valence-corrected chi connectivity index (χ0v) is 14.8. The largest absolute Gasteiger partial charge is 0.477 e. The van der Waals surface area contributed by atoms with Crippen molar-refractivity contribution in [1.29, 1.82) is 0 Å². The van der Waals surface area contributed by atoms with Crippen LogP contribution in [0.15, 0.2) is 4.52 Å². The molecule has 2 aromatic heterocycles. The topological polar surface area (TPSA) is 93.3 Å². The smallest absolute Gasteiger partial charge is 0.411 e. The van der Waals surface area contributed by atoms with Gasteiger partial charge in [-0.05, 0) is 38.2 Å². The first-order valence-electron chi connectivity index (χ1n) is 8.02. The number of halogens is 4.